The minimum absolute atomic E-state index is 0.840. The monoisotopic (exact) mass is 190 g/mol. The molecular formula is C8H22OSi2. The molecule has 0 aliphatic carbocycles. The Kier molecular flexibility index (Phi) is 6.18. The summed E-state index contributed by atoms with van der Waals surface area (Å²) < 4.78 is 5.73. The van der Waals surface area contributed by atoms with Gasteiger partial charge in [0.2, 0.25) is 0 Å². The van der Waals surface area contributed by atoms with Crippen molar-refractivity contribution in [3.05, 3.63) is 0 Å². The van der Waals surface area contributed by atoms with E-state index in [9.17, 15) is 0 Å². The van der Waals surface area contributed by atoms with Crippen molar-refractivity contribution in [1.82, 2.24) is 0 Å². The highest BCUT2D eigenvalue weighted by Crippen LogP contribution is 2.26. The van der Waals surface area contributed by atoms with Crippen molar-refractivity contribution >= 4 is 19.5 Å². The van der Waals surface area contributed by atoms with Gasteiger partial charge in [-0.3, -0.25) is 0 Å². The van der Waals surface area contributed by atoms with Crippen molar-refractivity contribution in [1.29, 1.82) is 0 Å². The molecule has 0 aliphatic heterocycles. The molecule has 0 aromatic carbocycles. The Hall–Kier alpha value is 0.394. The minimum atomic E-state index is -0.840. The van der Waals surface area contributed by atoms with Crippen LogP contribution in [0.1, 0.15) is 40.5 Å². The van der Waals surface area contributed by atoms with Crippen molar-refractivity contribution in [3.8, 4) is 0 Å². The molecule has 68 valence electrons. The van der Waals surface area contributed by atoms with E-state index in [4.69, 9.17) is 4.12 Å². The molecule has 2 unspecified atom stereocenters. The fourth-order valence-electron chi connectivity index (χ4n) is 1.49. The summed E-state index contributed by atoms with van der Waals surface area (Å²) in [5, 5.41) is 0. The molecule has 0 saturated heterocycles. The summed E-state index contributed by atoms with van der Waals surface area (Å²) in [6.45, 7) is 9.24. The first kappa shape index (κ1) is 11.4. The van der Waals surface area contributed by atoms with Gasteiger partial charge in [-0.25, -0.2) is 0 Å². The van der Waals surface area contributed by atoms with Crippen LogP contribution in [0.3, 0.4) is 0 Å². The summed E-state index contributed by atoms with van der Waals surface area (Å²) >= 11 is 0. The molecule has 2 atom stereocenters. The van der Waals surface area contributed by atoms with Gasteiger partial charge < -0.3 is 4.12 Å². The zero-order valence-electron chi connectivity index (χ0n) is 8.55. The Morgan fingerprint density at radius 1 is 1.18 bits per heavy atom. The van der Waals surface area contributed by atoms with Crippen LogP contribution in [0.15, 0.2) is 0 Å². The molecule has 0 fully saturated rings. The van der Waals surface area contributed by atoms with Crippen LogP contribution in [0.4, 0.5) is 0 Å². The molecule has 0 heterocycles. The molecule has 1 nitrogen and oxygen atoms in total. The van der Waals surface area contributed by atoms with Crippen LogP contribution in [0, 0.1) is 0 Å². The highest BCUT2D eigenvalue weighted by molar-refractivity contribution is 6.58. The Bertz CT molecular complexity index is 88.1. The van der Waals surface area contributed by atoms with E-state index in [-0.39, 0.29) is 0 Å². The number of rotatable bonds is 5. The molecule has 0 N–H and O–H groups in total. The molecule has 0 aromatic heterocycles. The Morgan fingerprint density at radius 3 is 1.73 bits per heavy atom. The molecule has 0 aliphatic rings. The first-order chi connectivity index (χ1) is 5.17. The largest absolute Gasteiger partial charge is 0.465 e. The zero-order valence-corrected chi connectivity index (χ0v) is 11.7. The van der Waals surface area contributed by atoms with Crippen molar-refractivity contribution in [2.24, 2.45) is 0 Å². The molecule has 3 heteroatoms. The molecule has 0 radical (unpaired) electrons. The fourth-order valence-corrected chi connectivity index (χ4v) is 7.26. The van der Waals surface area contributed by atoms with Gasteiger partial charge in [0.05, 0.1) is 0 Å². The average molecular weight is 190 g/mol. The average Bonchev–Trinajstić information content (AvgIpc) is 2.05. The maximum Gasteiger partial charge on any atom is 0.168 e. The quantitative estimate of drug-likeness (QED) is 0.599. The van der Waals surface area contributed by atoms with Crippen LogP contribution in [-0.4, -0.2) is 19.5 Å². The number of hydrogen-bond donors (Lipinski definition) is 0. The number of hydrogen-bond acceptors (Lipinski definition) is 1. The van der Waals surface area contributed by atoms with Crippen molar-refractivity contribution in [2.45, 2.75) is 51.6 Å². The second-order valence-corrected chi connectivity index (χ2v) is 8.56. The molecule has 0 aromatic rings. The van der Waals surface area contributed by atoms with Gasteiger partial charge in [0.1, 0.15) is 10.5 Å². The van der Waals surface area contributed by atoms with E-state index in [1.165, 1.54) is 12.8 Å². The van der Waals surface area contributed by atoms with Gasteiger partial charge >= 0.3 is 0 Å². The van der Waals surface area contributed by atoms with Crippen LogP contribution in [0.2, 0.25) is 11.1 Å². The minimum Gasteiger partial charge on any atom is -0.465 e. The van der Waals surface area contributed by atoms with Crippen LogP contribution in [0.25, 0.3) is 0 Å². The second kappa shape index (κ2) is 5.97. The normalized spacial score (nSPS) is 19.6. The van der Waals surface area contributed by atoms with Gasteiger partial charge in [-0.05, 0) is 11.1 Å². The van der Waals surface area contributed by atoms with E-state index in [1.54, 1.807) is 0 Å². The lowest BCUT2D eigenvalue weighted by molar-refractivity contribution is 0.561. The summed E-state index contributed by atoms with van der Waals surface area (Å²) in [6, 6.07) is 0. The van der Waals surface area contributed by atoms with Gasteiger partial charge in [-0.2, -0.15) is 0 Å². The van der Waals surface area contributed by atoms with E-state index in [0.29, 0.717) is 0 Å². The molecule has 11 heavy (non-hydrogen) atoms. The molecule has 0 rings (SSSR count). The fraction of sp³-hybridized carbons (Fsp3) is 1.00. The van der Waals surface area contributed by atoms with Gasteiger partial charge in [0, 0.05) is 0 Å². The van der Waals surface area contributed by atoms with Gasteiger partial charge in [0.25, 0.3) is 0 Å². The topological polar surface area (TPSA) is 9.23 Å². The predicted octanol–water partition coefficient (Wildman–Crippen LogP) is 1.61. The van der Waals surface area contributed by atoms with E-state index < -0.39 is 9.04 Å². The SMILES string of the molecule is CCC(C)[SiH](O[SiH3])C(C)CC. The van der Waals surface area contributed by atoms with Crippen LogP contribution >= 0.6 is 0 Å². The molecule has 0 spiro atoms. The van der Waals surface area contributed by atoms with Crippen molar-refractivity contribution in [3.63, 3.8) is 0 Å². The predicted molar refractivity (Wildman–Crippen MR) is 57.6 cm³/mol. The van der Waals surface area contributed by atoms with E-state index in [1.807, 2.05) is 0 Å². The summed E-state index contributed by atoms with van der Waals surface area (Å²) in [7, 11) is 0.0993. The molecular weight excluding hydrogens is 168 g/mol. The van der Waals surface area contributed by atoms with E-state index >= 15 is 0 Å². The second-order valence-electron chi connectivity index (χ2n) is 3.47. The highest BCUT2D eigenvalue weighted by atomic mass is 28.3. The van der Waals surface area contributed by atoms with Gasteiger partial charge in [0.15, 0.2) is 9.04 Å². The van der Waals surface area contributed by atoms with Crippen molar-refractivity contribution < 1.29 is 4.12 Å². The summed E-state index contributed by atoms with van der Waals surface area (Å²) in [5.41, 5.74) is 1.73. The Morgan fingerprint density at radius 2 is 1.55 bits per heavy atom. The van der Waals surface area contributed by atoms with Crippen LogP contribution in [-0.2, 0) is 4.12 Å². The lowest BCUT2D eigenvalue weighted by atomic mass is 10.4. The van der Waals surface area contributed by atoms with E-state index in [0.717, 1.165) is 21.6 Å². The Balaban J connectivity index is 3.92. The highest BCUT2D eigenvalue weighted by Gasteiger charge is 2.22. The van der Waals surface area contributed by atoms with Crippen LogP contribution < -0.4 is 0 Å². The molecule has 0 bridgehead atoms. The maximum absolute atomic E-state index is 5.73. The molecule has 0 saturated carbocycles. The lowest BCUT2D eigenvalue weighted by Crippen LogP contribution is -2.26. The Labute approximate surface area is 75.8 Å². The third-order valence-electron chi connectivity index (χ3n) is 2.68. The summed E-state index contributed by atoms with van der Waals surface area (Å²) in [6.07, 6.45) is 2.59. The maximum atomic E-state index is 5.73. The van der Waals surface area contributed by atoms with Gasteiger partial charge in [-0.1, -0.05) is 40.5 Å². The lowest BCUT2D eigenvalue weighted by Gasteiger charge is -2.25. The summed E-state index contributed by atoms with van der Waals surface area (Å²) in [5.74, 6) is 0. The van der Waals surface area contributed by atoms with Crippen LogP contribution in [0.5, 0.6) is 0 Å². The first-order valence-corrected chi connectivity index (χ1v) is 7.32. The van der Waals surface area contributed by atoms with Gasteiger partial charge in [-0.15, -0.1) is 0 Å². The third-order valence-corrected chi connectivity index (χ3v) is 8.05. The summed E-state index contributed by atoms with van der Waals surface area (Å²) in [4.78, 5) is 0. The third kappa shape index (κ3) is 3.53. The standard InChI is InChI=1S/C8H22OSi2/c1-5-7(3)11(9-10)8(4)6-2/h7-8,11H,5-6H2,1-4,10H3. The van der Waals surface area contributed by atoms with E-state index in [2.05, 4.69) is 27.7 Å². The van der Waals surface area contributed by atoms with Crippen molar-refractivity contribution in [2.75, 3.05) is 0 Å². The molecule has 0 amide bonds. The first-order valence-electron chi connectivity index (χ1n) is 4.70. The smallest absolute Gasteiger partial charge is 0.168 e. The zero-order chi connectivity index (χ0) is 8.85.